The topological polar surface area (TPSA) is 63.2 Å². The van der Waals surface area contributed by atoms with Crippen LogP contribution in [-0.2, 0) is 10.0 Å². The molecule has 1 aromatic carbocycles. The second-order valence-corrected chi connectivity index (χ2v) is 7.43. The first-order chi connectivity index (χ1) is 9.09. The van der Waals surface area contributed by atoms with Gasteiger partial charge in [-0.3, -0.25) is 0 Å². The maximum atomic E-state index is 12.7. The molecule has 102 valence electrons. The molecular weight excluding hydrogens is 282 g/mol. The maximum absolute atomic E-state index is 12.7. The van der Waals surface area contributed by atoms with Gasteiger partial charge < -0.3 is 0 Å². The Morgan fingerprint density at radius 3 is 3.00 bits per heavy atom. The molecule has 1 fully saturated rings. The van der Waals surface area contributed by atoms with Gasteiger partial charge in [-0.1, -0.05) is 13.0 Å². The van der Waals surface area contributed by atoms with Crippen LogP contribution in [0.25, 0.3) is 11.0 Å². The lowest BCUT2D eigenvalue weighted by molar-refractivity contribution is 0.281. The summed E-state index contributed by atoms with van der Waals surface area (Å²) in [6.07, 6.45) is 2.01. The Balaban J connectivity index is 2.06. The molecule has 1 aliphatic heterocycles. The molecule has 0 N–H and O–H groups in total. The standard InChI is InChI=1S/C12H15N3O2S2/c1-9-4-3-7-15(8-9)19(16,17)11-6-2-5-10-12(11)14-18-13-10/h2,5-6,9H,3-4,7-8H2,1H3/t9-/m1/s1. The summed E-state index contributed by atoms with van der Waals surface area (Å²) in [5.74, 6) is 0.413. The van der Waals surface area contributed by atoms with Gasteiger partial charge in [0.1, 0.15) is 15.9 Å². The minimum atomic E-state index is -3.45. The molecule has 2 heterocycles. The predicted molar refractivity (Wildman–Crippen MR) is 74.6 cm³/mol. The summed E-state index contributed by atoms with van der Waals surface area (Å²) in [4.78, 5) is 0.285. The molecular formula is C12H15N3O2S2. The van der Waals surface area contributed by atoms with Crippen LogP contribution in [0.4, 0.5) is 0 Å². The van der Waals surface area contributed by atoms with E-state index < -0.39 is 10.0 Å². The Hall–Kier alpha value is -1.05. The average molecular weight is 297 g/mol. The first-order valence-corrected chi connectivity index (χ1v) is 8.47. The van der Waals surface area contributed by atoms with Crippen LogP contribution in [0.1, 0.15) is 19.8 Å². The number of rotatable bonds is 2. The number of sulfonamides is 1. The molecule has 0 saturated carbocycles. The summed E-state index contributed by atoms with van der Waals surface area (Å²) in [5, 5.41) is 0. The number of nitrogens with zero attached hydrogens (tertiary/aromatic N) is 3. The lowest BCUT2D eigenvalue weighted by Gasteiger charge is -2.29. The second kappa shape index (κ2) is 4.81. The third kappa shape index (κ3) is 2.26. The largest absolute Gasteiger partial charge is 0.245 e. The normalized spacial score (nSPS) is 21.8. The van der Waals surface area contributed by atoms with Crippen molar-refractivity contribution in [1.29, 1.82) is 0 Å². The van der Waals surface area contributed by atoms with Crippen LogP contribution in [-0.4, -0.2) is 34.6 Å². The van der Waals surface area contributed by atoms with Crippen LogP contribution in [0.5, 0.6) is 0 Å². The van der Waals surface area contributed by atoms with Crippen molar-refractivity contribution < 1.29 is 8.42 Å². The molecule has 2 aromatic rings. The Morgan fingerprint density at radius 2 is 2.21 bits per heavy atom. The van der Waals surface area contributed by atoms with E-state index in [-0.39, 0.29) is 4.90 Å². The van der Waals surface area contributed by atoms with E-state index in [9.17, 15) is 8.42 Å². The Labute approximate surface area is 116 Å². The first kappa shape index (κ1) is 13.0. The van der Waals surface area contributed by atoms with Crippen molar-refractivity contribution in [2.75, 3.05) is 13.1 Å². The molecule has 0 unspecified atom stereocenters. The second-order valence-electron chi connectivity index (χ2n) is 5.00. The van der Waals surface area contributed by atoms with Crippen LogP contribution < -0.4 is 0 Å². The van der Waals surface area contributed by atoms with Gasteiger partial charge in [0, 0.05) is 13.1 Å². The maximum Gasteiger partial charge on any atom is 0.245 e. The van der Waals surface area contributed by atoms with Crippen molar-refractivity contribution >= 4 is 32.8 Å². The third-order valence-electron chi connectivity index (χ3n) is 3.49. The van der Waals surface area contributed by atoms with E-state index in [2.05, 4.69) is 15.7 Å². The fourth-order valence-corrected chi connectivity index (χ4v) is 4.84. The van der Waals surface area contributed by atoms with Gasteiger partial charge in [0.05, 0.1) is 11.7 Å². The number of aromatic nitrogens is 2. The molecule has 19 heavy (non-hydrogen) atoms. The smallest absolute Gasteiger partial charge is 0.207 e. The molecule has 1 atom stereocenters. The summed E-state index contributed by atoms with van der Waals surface area (Å²) in [5.41, 5.74) is 1.14. The van der Waals surface area contributed by atoms with Gasteiger partial charge in [-0.25, -0.2) is 8.42 Å². The summed E-state index contributed by atoms with van der Waals surface area (Å²) < 4.78 is 35.2. The summed E-state index contributed by atoms with van der Waals surface area (Å²) >= 11 is 1.05. The van der Waals surface area contributed by atoms with Crippen molar-refractivity contribution in [2.45, 2.75) is 24.7 Å². The highest BCUT2D eigenvalue weighted by molar-refractivity contribution is 7.89. The van der Waals surface area contributed by atoms with Crippen molar-refractivity contribution in [1.82, 2.24) is 13.1 Å². The molecule has 0 radical (unpaired) electrons. The zero-order valence-electron chi connectivity index (χ0n) is 10.6. The highest BCUT2D eigenvalue weighted by atomic mass is 32.2. The zero-order valence-corrected chi connectivity index (χ0v) is 12.2. The Kier molecular flexibility index (Phi) is 3.28. The lowest BCUT2D eigenvalue weighted by Crippen LogP contribution is -2.39. The van der Waals surface area contributed by atoms with Crippen molar-refractivity contribution in [3.8, 4) is 0 Å². The van der Waals surface area contributed by atoms with E-state index in [4.69, 9.17) is 0 Å². The van der Waals surface area contributed by atoms with Gasteiger partial charge in [-0.15, -0.1) is 0 Å². The highest BCUT2D eigenvalue weighted by Crippen LogP contribution is 2.27. The Bertz CT molecular complexity index is 696. The van der Waals surface area contributed by atoms with Gasteiger partial charge in [-0.2, -0.15) is 13.1 Å². The van der Waals surface area contributed by atoms with Crippen LogP contribution in [0.15, 0.2) is 23.1 Å². The molecule has 1 aromatic heterocycles. The van der Waals surface area contributed by atoms with Crippen LogP contribution in [0.2, 0.25) is 0 Å². The molecule has 7 heteroatoms. The van der Waals surface area contributed by atoms with E-state index in [0.29, 0.717) is 30.0 Å². The highest BCUT2D eigenvalue weighted by Gasteiger charge is 2.30. The van der Waals surface area contributed by atoms with Crippen LogP contribution in [0.3, 0.4) is 0 Å². The molecule has 1 aliphatic rings. The number of hydrogen-bond acceptors (Lipinski definition) is 5. The predicted octanol–water partition coefficient (Wildman–Crippen LogP) is 2.11. The molecule has 0 aliphatic carbocycles. The molecule has 3 rings (SSSR count). The molecule has 1 saturated heterocycles. The number of piperidine rings is 1. The minimum absolute atomic E-state index is 0.285. The van der Waals surface area contributed by atoms with Gasteiger partial charge in [-0.05, 0) is 30.9 Å². The van der Waals surface area contributed by atoms with E-state index in [1.807, 2.05) is 0 Å². The average Bonchev–Trinajstić information content (AvgIpc) is 2.86. The molecule has 0 amide bonds. The molecule has 5 nitrogen and oxygen atoms in total. The number of hydrogen-bond donors (Lipinski definition) is 0. The van der Waals surface area contributed by atoms with Gasteiger partial charge in [0.15, 0.2) is 0 Å². The van der Waals surface area contributed by atoms with E-state index >= 15 is 0 Å². The fraction of sp³-hybridized carbons (Fsp3) is 0.500. The molecule has 0 spiro atoms. The van der Waals surface area contributed by atoms with E-state index in [1.54, 1.807) is 22.5 Å². The summed E-state index contributed by atoms with van der Waals surface area (Å²) in [6.45, 7) is 3.28. The van der Waals surface area contributed by atoms with E-state index in [0.717, 1.165) is 24.6 Å². The minimum Gasteiger partial charge on any atom is -0.207 e. The number of fused-ring (bicyclic) bond motifs is 1. The Morgan fingerprint density at radius 1 is 1.37 bits per heavy atom. The summed E-state index contributed by atoms with van der Waals surface area (Å²) in [6, 6.07) is 5.14. The zero-order chi connectivity index (χ0) is 13.5. The fourth-order valence-electron chi connectivity index (χ4n) is 2.49. The monoisotopic (exact) mass is 297 g/mol. The van der Waals surface area contributed by atoms with Gasteiger partial charge >= 0.3 is 0 Å². The first-order valence-electron chi connectivity index (χ1n) is 6.30. The summed E-state index contributed by atoms with van der Waals surface area (Å²) in [7, 11) is -3.45. The quantitative estimate of drug-likeness (QED) is 0.851. The van der Waals surface area contributed by atoms with Gasteiger partial charge in [0.25, 0.3) is 0 Å². The SMILES string of the molecule is C[C@@H]1CCCN(S(=O)(=O)c2cccc3nsnc23)C1. The van der Waals surface area contributed by atoms with Crippen molar-refractivity contribution in [3.63, 3.8) is 0 Å². The van der Waals surface area contributed by atoms with Crippen molar-refractivity contribution in [3.05, 3.63) is 18.2 Å². The number of benzene rings is 1. The van der Waals surface area contributed by atoms with Gasteiger partial charge in [0.2, 0.25) is 10.0 Å². The van der Waals surface area contributed by atoms with E-state index in [1.165, 1.54) is 0 Å². The van der Waals surface area contributed by atoms with Crippen molar-refractivity contribution in [2.24, 2.45) is 5.92 Å². The third-order valence-corrected chi connectivity index (χ3v) is 5.93. The van der Waals surface area contributed by atoms with Crippen LogP contribution >= 0.6 is 11.7 Å². The molecule has 0 bridgehead atoms. The lowest BCUT2D eigenvalue weighted by atomic mass is 10.0. The van der Waals surface area contributed by atoms with Crippen LogP contribution in [0, 0.1) is 5.92 Å².